The summed E-state index contributed by atoms with van der Waals surface area (Å²) in [5.74, 6) is 0.0152. The molecule has 0 saturated carbocycles. The Morgan fingerprint density at radius 3 is 1.52 bits per heavy atom. The normalized spacial score (nSPS) is 18.2. The van der Waals surface area contributed by atoms with Crippen molar-refractivity contribution in [2.45, 2.75) is 212 Å². The maximum absolute atomic E-state index is 12.8. The SMILES string of the molecule is CCCCCCCCCCCCC/C=C/[C@@H]1OC(=O)OC(C)(C)[C@H]1NC(=O)CCCCCCCCCCCCCCC. The fourth-order valence-electron chi connectivity index (χ4n) is 5.99. The molecule has 1 fully saturated rings. The first-order chi connectivity index (χ1) is 20.4. The van der Waals surface area contributed by atoms with Crippen LogP contribution in [0.25, 0.3) is 0 Å². The molecule has 0 spiro atoms. The molecule has 246 valence electrons. The molecule has 5 nitrogen and oxygen atoms in total. The van der Waals surface area contributed by atoms with Gasteiger partial charge in [-0.1, -0.05) is 161 Å². The number of unbranched alkanes of at least 4 members (excludes halogenated alkanes) is 23. The van der Waals surface area contributed by atoms with Crippen molar-refractivity contribution in [3.63, 3.8) is 0 Å². The van der Waals surface area contributed by atoms with E-state index in [0.717, 1.165) is 25.7 Å². The zero-order valence-electron chi connectivity index (χ0n) is 28.3. The van der Waals surface area contributed by atoms with E-state index in [4.69, 9.17) is 9.47 Å². The van der Waals surface area contributed by atoms with E-state index in [0.29, 0.717) is 6.42 Å². The fourth-order valence-corrected chi connectivity index (χ4v) is 5.99. The van der Waals surface area contributed by atoms with E-state index in [1.54, 1.807) is 0 Å². The number of hydrogen-bond donors (Lipinski definition) is 1. The summed E-state index contributed by atoms with van der Waals surface area (Å²) < 4.78 is 11.0. The molecule has 1 saturated heterocycles. The van der Waals surface area contributed by atoms with E-state index in [9.17, 15) is 9.59 Å². The summed E-state index contributed by atoms with van der Waals surface area (Å²) in [5.41, 5.74) is -0.813. The fraction of sp³-hybridized carbons (Fsp3) is 0.892. The van der Waals surface area contributed by atoms with Crippen LogP contribution in [-0.2, 0) is 14.3 Å². The van der Waals surface area contributed by atoms with Crippen LogP contribution < -0.4 is 5.32 Å². The van der Waals surface area contributed by atoms with Gasteiger partial charge in [0.2, 0.25) is 5.91 Å². The third-order valence-electron chi connectivity index (χ3n) is 8.78. The molecule has 42 heavy (non-hydrogen) atoms. The maximum Gasteiger partial charge on any atom is 0.509 e. The number of ether oxygens (including phenoxy) is 2. The van der Waals surface area contributed by atoms with Gasteiger partial charge in [-0.2, -0.15) is 0 Å². The molecule has 1 heterocycles. The molecule has 0 aromatic carbocycles. The molecule has 0 bridgehead atoms. The zero-order valence-corrected chi connectivity index (χ0v) is 28.3. The number of rotatable bonds is 28. The van der Waals surface area contributed by atoms with Gasteiger partial charge in [0.25, 0.3) is 0 Å². The highest BCUT2D eigenvalue weighted by Crippen LogP contribution is 2.27. The maximum atomic E-state index is 12.8. The lowest BCUT2D eigenvalue weighted by atomic mass is 9.91. The van der Waals surface area contributed by atoms with E-state index in [1.165, 1.54) is 135 Å². The molecule has 0 aromatic heterocycles. The molecule has 2 atom stereocenters. The highest BCUT2D eigenvalue weighted by Gasteiger charge is 2.45. The van der Waals surface area contributed by atoms with Gasteiger partial charge in [-0.25, -0.2) is 4.79 Å². The Bertz CT molecular complexity index is 689. The molecule has 1 N–H and O–H groups in total. The first-order valence-corrected chi connectivity index (χ1v) is 18.3. The van der Waals surface area contributed by atoms with Crippen molar-refractivity contribution in [1.82, 2.24) is 5.32 Å². The zero-order chi connectivity index (χ0) is 30.7. The summed E-state index contributed by atoms with van der Waals surface area (Å²) in [5, 5.41) is 3.13. The average Bonchev–Trinajstić information content (AvgIpc) is 2.95. The first-order valence-electron chi connectivity index (χ1n) is 18.3. The largest absolute Gasteiger partial charge is 0.509 e. The lowest BCUT2D eigenvalue weighted by molar-refractivity contribution is -0.135. The van der Waals surface area contributed by atoms with Crippen LogP contribution in [0.15, 0.2) is 12.2 Å². The number of carbonyl (C=O) groups is 2. The van der Waals surface area contributed by atoms with Crippen LogP contribution in [0.2, 0.25) is 0 Å². The van der Waals surface area contributed by atoms with Crippen LogP contribution in [0, 0.1) is 0 Å². The van der Waals surface area contributed by atoms with E-state index < -0.39 is 23.9 Å². The Hall–Kier alpha value is -1.52. The second-order valence-electron chi connectivity index (χ2n) is 13.3. The second-order valence-corrected chi connectivity index (χ2v) is 13.3. The monoisotopic (exact) mass is 592 g/mol. The van der Waals surface area contributed by atoms with Crippen LogP contribution in [0.5, 0.6) is 0 Å². The van der Waals surface area contributed by atoms with Gasteiger partial charge in [0, 0.05) is 6.42 Å². The van der Waals surface area contributed by atoms with Gasteiger partial charge < -0.3 is 14.8 Å². The number of hydrogen-bond acceptors (Lipinski definition) is 4. The van der Waals surface area contributed by atoms with Crippen molar-refractivity contribution < 1.29 is 19.1 Å². The Morgan fingerprint density at radius 2 is 1.07 bits per heavy atom. The van der Waals surface area contributed by atoms with Crippen LogP contribution >= 0.6 is 0 Å². The molecule has 0 radical (unpaired) electrons. The van der Waals surface area contributed by atoms with Gasteiger partial charge in [0.15, 0.2) is 0 Å². The van der Waals surface area contributed by atoms with Crippen molar-refractivity contribution in [3.05, 3.63) is 12.2 Å². The van der Waals surface area contributed by atoms with E-state index >= 15 is 0 Å². The predicted octanol–water partition coefficient (Wildman–Crippen LogP) is 11.5. The lowest BCUT2D eigenvalue weighted by Crippen LogP contribution is -2.61. The minimum atomic E-state index is -0.813. The lowest BCUT2D eigenvalue weighted by Gasteiger charge is -2.41. The summed E-state index contributed by atoms with van der Waals surface area (Å²) in [6.45, 7) is 8.25. The summed E-state index contributed by atoms with van der Waals surface area (Å²) in [6.07, 6.45) is 35.8. The van der Waals surface area contributed by atoms with E-state index in [2.05, 4.69) is 25.2 Å². The number of cyclic esters (lactones) is 2. The van der Waals surface area contributed by atoms with Gasteiger partial charge in [-0.15, -0.1) is 0 Å². The summed E-state index contributed by atoms with van der Waals surface area (Å²) in [4.78, 5) is 24.9. The number of amides is 1. The molecule has 0 unspecified atom stereocenters. The smallest absolute Gasteiger partial charge is 0.426 e. The van der Waals surface area contributed by atoms with Gasteiger partial charge in [-0.3, -0.25) is 4.79 Å². The summed E-state index contributed by atoms with van der Waals surface area (Å²) in [6, 6.07) is -0.391. The molecule has 0 aromatic rings. The van der Waals surface area contributed by atoms with Crippen LogP contribution in [0.1, 0.15) is 195 Å². The highest BCUT2D eigenvalue weighted by atomic mass is 16.7. The van der Waals surface area contributed by atoms with Gasteiger partial charge in [0.05, 0.1) is 0 Å². The molecule has 5 heteroatoms. The molecular weight excluding hydrogens is 522 g/mol. The van der Waals surface area contributed by atoms with Crippen LogP contribution in [0.4, 0.5) is 4.79 Å². The van der Waals surface area contributed by atoms with Gasteiger partial charge >= 0.3 is 6.16 Å². The molecular formula is C37H69NO4. The van der Waals surface area contributed by atoms with Crippen LogP contribution in [0.3, 0.4) is 0 Å². The van der Waals surface area contributed by atoms with Crippen molar-refractivity contribution in [3.8, 4) is 0 Å². The average molecular weight is 592 g/mol. The van der Waals surface area contributed by atoms with Crippen molar-refractivity contribution in [1.29, 1.82) is 0 Å². The van der Waals surface area contributed by atoms with E-state index in [1.807, 2.05) is 19.9 Å². The number of carbonyl (C=O) groups excluding carboxylic acids is 2. The Kier molecular flexibility index (Phi) is 23.8. The van der Waals surface area contributed by atoms with Gasteiger partial charge in [-0.05, 0) is 39.2 Å². The van der Waals surface area contributed by atoms with Crippen molar-refractivity contribution in [2.24, 2.45) is 0 Å². The first kappa shape index (κ1) is 38.5. The molecule has 1 aliphatic heterocycles. The molecule has 0 aliphatic carbocycles. The Balaban J connectivity index is 2.20. The predicted molar refractivity (Wildman–Crippen MR) is 178 cm³/mol. The number of nitrogens with one attached hydrogen (secondary N) is 1. The summed E-state index contributed by atoms with van der Waals surface area (Å²) in [7, 11) is 0. The molecule has 1 rings (SSSR count). The Labute approximate surface area is 260 Å². The minimum Gasteiger partial charge on any atom is -0.426 e. The highest BCUT2D eigenvalue weighted by molar-refractivity contribution is 5.77. The van der Waals surface area contributed by atoms with Crippen molar-refractivity contribution >= 4 is 12.1 Å². The summed E-state index contributed by atoms with van der Waals surface area (Å²) >= 11 is 0. The second kappa shape index (κ2) is 25.9. The van der Waals surface area contributed by atoms with Gasteiger partial charge in [0.1, 0.15) is 17.7 Å². The Morgan fingerprint density at radius 1 is 0.667 bits per heavy atom. The third-order valence-corrected chi connectivity index (χ3v) is 8.78. The molecule has 1 aliphatic rings. The third kappa shape index (κ3) is 20.4. The van der Waals surface area contributed by atoms with Crippen molar-refractivity contribution in [2.75, 3.05) is 0 Å². The van der Waals surface area contributed by atoms with E-state index in [-0.39, 0.29) is 5.91 Å². The van der Waals surface area contributed by atoms with Crippen LogP contribution in [-0.4, -0.2) is 29.8 Å². The number of allylic oxidation sites excluding steroid dienone is 1. The molecule has 1 amide bonds. The standard InChI is InChI=1S/C37H69NO4/c1-5-7-9-11-13-15-17-19-21-23-25-27-29-31-33-35(37(3,4)42-36(40)41-33)38-34(39)32-30-28-26-24-22-20-18-16-14-12-10-8-6-2/h29,31,33,35H,5-28,30,32H2,1-4H3,(H,38,39)/b31-29+/t33-,35-/m0/s1. The minimum absolute atomic E-state index is 0.0152. The quantitative estimate of drug-likeness (QED) is 0.0558. The topological polar surface area (TPSA) is 64.6 Å².